The molecule has 0 bridgehead atoms. The quantitative estimate of drug-likeness (QED) is 0.302. The van der Waals surface area contributed by atoms with Crippen molar-refractivity contribution in [1.29, 1.82) is 0 Å². The molecule has 0 amide bonds. The number of esters is 2. The van der Waals surface area contributed by atoms with E-state index in [1.165, 1.54) is 0 Å². The Bertz CT molecular complexity index is 1210. The molecule has 5 rings (SSSR count). The molecule has 0 unspecified atom stereocenters. The SMILES string of the molecule is O=C(OCC1CCC(COC(=O)c2ccc3ccccc3c2)CC1)c1ccc2ccccc2c1. The Morgan fingerprint density at radius 2 is 0.941 bits per heavy atom. The van der Waals surface area contributed by atoms with E-state index in [9.17, 15) is 9.59 Å². The Labute approximate surface area is 199 Å². The minimum atomic E-state index is -0.266. The zero-order chi connectivity index (χ0) is 23.3. The van der Waals surface area contributed by atoms with Gasteiger partial charge in [-0.2, -0.15) is 0 Å². The van der Waals surface area contributed by atoms with Gasteiger partial charge in [-0.15, -0.1) is 0 Å². The Morgan fingerprint density at radius 3 is 1.35 bits per heavy atom. The third-order valence-corrected chi connectivity index (χ3v) is 6.84. The molecular weight excluding hydrogens is 424 g/mol. The van der Waals surface area contributed by atoms with Gasteiger partial charge in [0.1, 0.15) is 0 Å². The number of rotatable bonds is 6. The van der Waals surface area contributed by atoms with Crippen molar-refractivity contribution >= 4 is 33.5 Å². The van der Waals surface area contributed by atoms with E-state index in [1.807, 2.05) is 84.9 Å². The third-order valence-electron chi connectivity index (χ3n) is 6.84. The smallest absolute Gasteiger partial charge is 0.338 e. The van der Waals surface area contributed by atoms with Crippen LogP contribution in [0.5, 0.6) is 0 Å². The first-order valence-corrected chi connectivity index (χ1v) is 12.0. The molecule has 0 saturated heterocycles. The zero-order valence-electron chi connectivity index (χ0n) is 19.1. The fourth-order valence-electron chi connectivity index (χ4n) is 4.75. The van der Waals surface area contributed by atoms with E-state index in [1.54, 1.807) is 0 Å². The maximum atomic E-state index is 12.5. The number of ether oxygens (including phenoxy) is 2. The van der Waals surface area contributed by atoms with Crippen molar-refractivity contribution < 1.29 is 19.1 Å². The average molecular weight is 453 g/mol. The standard InChI is InChI=1S/C30H28O4/c31-29(27-15-13-23-5-1-3-7-25(23)17-27)33-19-21-9-11-22(12-10-21)20-34-30(32)28-16-14-24-6-2-4-8-26(24)18-28/h1-8,13-18,21-22H,9-12,19-20H2. The van der Waals surface area contributed by atoms with Crippen molar-refractivity contribution in [1.82, 2.24) is 0 Å². The lowest BCUT2D eigenvalue weighted by Gasteiger charge is -2.27. The van der Waals surface area contributed by atoms with Crippen molar-refractivity contribution in [3.63, 3.8) is 0 Å². The van der Waals surface area contributed by atoms with Crippen LogP contribution >= 0.6 is 0 Å². The number of carbonyl (C=O) groups is 2. The summed E-state index contributed by atoms with van der Waals surface area (Å²) in [4.78, 5) is 25.0. The first-order chi connectivity index (χ1) is 16.7. The second-order valence-corrected chi connectivity index (χ2v) is 9.21. The first kappa shape index (κ1) is 22.1. The van der Waals surface area contributed by atoms with Crippen LogP contribution < -0.4 is 0 Å². The molecule has 4 aromatic carbocycles. The highest BCUT2D eigenvalue weighted by molar-refractivity contribution is 5.96. The molecule has 1 aliphatic carbocycles. The van der Waals surface area contributed by atoms with Crippen LogP contribution in [0.1, 0.15) is 46.4 Å². The first-order valence-electron chi connectivity index (χ1n) is 12.0. The minimum absolute atomic E-state index is 0.266. The van der Waals surface area contributed by atoms with E-state index in [0.717, 1.165) is 47.2 Å². The second kappa shape index (κ2) is 10.1. The van der Waals surface area contributed by atoms with E-state index in [4.69, 9.17) is 9.47 Å². The van der Waals surface area contributed by atoms with Crippen LogP contribution in [0.25, 0.3) is 21.5 Å². The molecule has 0 aliphatic heterocycles. The van der Waals surface area contributed by atoms with Crippen LogP contribution in [0.4, 0.5) is 0 Å². The molecule has 4 heteroatoms. The molecule has 0 atom stereocenters. The maximum Gasteiger partial charge on any atom is 0.338 e. The largest absolute Gasteiger partial charge is 0.462 e. The molecule has 1 fully saturated rings. The van der Waals surface area contributed by atoms with E-state index in [-0.39, 0.29) is 11.9 Å². The van der Waals surface area contributed by atoms with E-state index in [2.05, 4.69) is 0 Å². The van der Waals surface area contributed by atoms with Crippen molar-refractivity contribution in [3.8, 4) is 0 Å². The summed E-state index contributed by atoms with van der Waals surface area (Å²) in [7, 11) is 0. The fourth-order valence-corrected chi connectivity index (χ4v) is 4.75. The van der Waals surface area contributed by atoms with Crippen molar-refractivity contribution in [2.24, 2.45) is 11.8 Å². The molecule has 0 aromatic heterocycles. The molecule has 34 heavy (non-hydrogen) atoms. The lowest BCUT2D eigenvalue weighted by molar-refractivity contribution is 0.0297. The van der Waals surface area contributed by atoms with Crippen molar-refractivity contribution in [2.75, 3.05) is 13.2 Å². The molecule has 172 valence electrons. The molecule has 0 heterocycles. The lowest BCUT2D eigenvalue weighted by Crippen LogP contribution is -2.24. The minimum Gasteiger partial charge on any atom is -0.462 e. The number of benzene rings is 4. The summed E-state index contributed by atoms with van der Waals surface area (Å²) in [6, 6.07) is 27.3. The van der Waals surface area contributed by atoms with Crippen LogP contribution in [0.3, 0.4) is 0 Å². The van der Waals surface area contributed by atoms with E-state index in [0.29, 0.717) is 36.2 Å². The van der Waals surface area contributed by atoms with Crippen LogP contribution in [0.2, 0.25) is 0 Å². The monoisotopic (exact) mass is 452 g/mol. The second-order valence-electron chi connectivity index (χ2n) is 9.21. The van der Waals surface area contributed by atoms with Gasteiger partial charge in [0.05, 0.1) is 24.3 Å². The van der Waals surface area contributed by atoms with Gasteiger partial charge in [-0.25, -0.2) is 9.59 Å². The highest BCUT2D eigenvalue weighted by Gasteiger charge is 2.24. The zero-order valence-corrected chi connectivity index (χ0v) is 19.1. The molecule has 4 nitrogen and oxygen atoms in total. The van der Waals surface area contributed by atoms with Crippen LogP contribution in [-0.4, -0.2) is 25.2 Å². The molecule has 0 radical (unpaired) electrons. The van der Waals surface area contributed by atoms with E-state index >= 15 is 0 Å². The van der Waals surface area contributed by atoms with Crippen LogP contribution in [0, 0.1) is 11.8 Å². The molecule has 1 saturated carbocycles. The predicted octanol–water partition coefficient (Wildman–Crippen LogP) is 6.81. The van der Waals surface area contributed by atoms with Gasteiger partial charge in [-0.1, -0.05) is 60.7 Å². The Hall–Kier alpha value is -3.66. The fraction of sp³-hybridized carbons (Fsp3) is 0.267. The molecule has 0 N–H and O–H groups in total. The van der Waals surface area contributed by atoms with Gasteiger partial charge in [0.15, 0.2) is 0 Å². The average Bonchev–Trinajstić information content (AvgIpc) is 2.90. The summed E-state index contributed by atoms with van der Waals surface area (Å²) in [5, 5.41) is 4.30. The van der Waals surface area contributed by atoms with Crippen LogP contribution in [0.15, 0.2) is 84.9 Å². The number of hydrogen-bond acceptors (Lipinski definition) is 4. The Morgan fingerprint density at radius 1 is 0.559 bits per heavy atom. The predicted molar refractivity (Wildman–Crippen MR) is 134 cm³/mol. The Kier molecular flexibility index (Phi) is 6.57. The molecule has 0 spiro atoms. The van der Waals surface area contributed by atoms with Crippen LogP contribution in [-0.2, 0) is 9.47 Å². The summed E-state index contributed by atoms with van der Waals surface area (Å²) in [6.07, 6.45) is 3.90. The maximum absolute atomic E-state index is 12.5. The highest BCUT2D eigenvalue weighted by atomic mass is 16.5. The summed E-state index contributed by atoms with van der Waals surface area (Å²) in [5.74, 6) is 0.183. The third kappa shape index (κ3) is 5.12. The molecular formula is C30H28O4. The summed E-state index contributed by atoms with van der Waals surface area (Å²) >= 11 is 0. The van der Waals surface area contributed by atoms with Gasteiger partial charge < -0.3 is 9.47 Å². The van der Waals surface area contributed by atoms with Gasteiger partial charge in [0.25, 0.3) is 0 Å². The normalized spacial score (nSPS) is 18.0. The molecule has 4 aromatic rings. The number of fused-ring (bicyclic) bond motifs is 2. The van der Waals surface area contributed by atoms with Gasteiger partial charge >= 0.3 is 11.9 Å². The van der Waals surface area contributed by atoms with Crippen molar-refractivity contribution in [3.05, 3.63) is 96.1 Å². The summed E-state index contributed by atoms with van der Waals surface area (Å²) < 4.78 is 11.2. The number of hydrogen-bond donors (Lipinski definition) is 0. The molecule has 1 aliphatic rings. The number of carbonyl (C=O) groups excluding carboxylic acids is 2. The lowest BCUT2D eigenvalue weighted by atomic mass is 9.83. The van der Waals surface area contributed by atoms with Gasteiger partial charge in [-0.05, 0) is 83.3 Å². The van der Waals surface area contributed by atoms with E-state index < -0.39 is 0 Å². The topological polar surface area (TPSA) is 52.6 Å². The summed E-state index contributed by atoms with van der Waals surface area (Å²) in [6.45, 7) is 0.879. The highest BCUT2D eigenvalue weighted by Crippen LogP contribution is 2.30. The summed E-state index contributed by atoms with van der Waals surface area (Å²) in [5.41, 5.74) is 1.18. The van der Waals surface area contributed by atoms with Gasteiger partial charge in [0, 0.05) is 0 Å². The van der Waals surface area contributed by atoms with Crippen molar-refractivity contribution in [2.45, 2.75) is 25.7 Å². The van der Waals surface area contributed by atoms with Gasteiger partial charge in [0.2, 0.25) is 0 Å². The Balaban J connectivity index is 1.06. The van der Waals surface area contributed by atoms with Gasteiger partial charge in [-0.3, -0.25) is 0 Å².